The molecule has 2 aromatic rings. The second kappa shape index (κ2) is 7.88. The van der Waals surface area contributed by atoms with Gasteiger partial charge in [0.1, 0.15) is 5.60 Å². The number of nitrogens with zero attached hydrogens (tertiary/aromatic N) is 2. The van der Waals surface area contributed by atoms with Crippen molar-refractivity contribution in [3.8, 4) is 0 Å². The Labute approximate surface area is 190 Å². The fourth-order valence-electron chi connectivity index (χ4n) is 4.37. The topological polar surface area (TPSA) is 66.9 Å². The third-order valence-electron chi connectivity index (χ3n) is 5.72. The van der Waals surface area contributed by atoms with Crippen LogP contribution in [0.25, 0.3) is 0 Å². The fourth-order valence-corrected chi connectivity index (χ4v) is 4.77. The van der Waals surface area contributed by atoms with Crippen molar-refractivity contribution < 1.29 is 19.1 Å². The summed E-state index contributed by atoms with van der Waals surface area (Å²) in [6, 6.07) is 14.4. The van der Waals surface area contributed by atoms with Crippen LogP contribution in [-0.2, 0) is 10.3 Å². The van der Waals surface area contributed by atoms with Gasteiger partial charge in [0.15, 0.2) is 17.1 Å². The van der Waals surface area contributed by atoms with Gasteiger partial charge in [-0.3, -0.25) is 14.5 Å². The summed E-state index contributed by atoms with van der Waals surface area (Å²) in [5.41, 5.74) is -0.471. The van der Waals surface area contributed by atoms with E-state index in [1.165, 1.54) is 0 Å². The van der Waals surface area contributed by atoms with Crippen LogP contribution >= 0.6 is 15.9 Å². The zero-order valence-corrected chi connectivity index (χ0v) is 19.4. The maximum atomic E-state index is 13.8. The number of amides is 1. The first kappa shape index (κ1) is 21.7. The van der Waals surface area contributed by atoms with Crippen LogP contribution in [-0.4, -0.2) is 59.2 Å². The molecule has 4 rings (SSSR count). The number of ether oxygens (including phenoxy) is 1. The maximum Gasteiger partial charge on any atom is 0.410 e. The number of piperazine rings is 1. The monoisotopic (exact) mass is 484 g/mol. The predicted molar refractivity (Wildman–Crippen MR) is 120 cm³/mol. The Balaban J connectivity index is 1.70. The Bertz CT molecular complexity index is 1020. The van der Waals surface area contributed by atoms with E-state index in [-0.39, 0.29) is 17.7 Å². The first-order chi connectivity index (χ1) is 14.6. The minimum Gasteiger partial charge on any atom is -0.444 e. The van der Waals surface area contributed by atoms with Crippen molar-refractivity contribution in [2.24, 2.45) is 0 Å². The summed E-state index contributed by atoms with van der Waals surface area (Å²) in [7, 11) is 0. The summed E-state index contributed by atoms with van der Waals surface area (Å²) in [6.07, 6.45) is -0.379. The van der Waals surface area contributed by atoms with Gasteiger partial charge in [-0.15, -0.1) is 0 Å². The number of benzene rings is 2. The van der Waals surface area contributed by atoms with Crippen molar-refractivity contribution in [3.05, 3.63) is 69.7 Å². The van der Waals surface area contributed by atoms with Gasteiger partial charge in [-0.1, -0.05) is 52.3 Å². The largest absolute Gasteiger partial charge is 0.444 e. The lowest BCUT2D eigenvalue weighted by Crippen LogP contribution is -2.61. The Kier molecular flexibility index (Phi) is 5.52. The van der Waals surface area contributed by atoms with Crippen LogP contribution in [0.1, 0.15) is 47.1 Å². The lowest BCUT2D eigenvalue weighted by molar-refractivity contribution is 0.00213. The molecule has 2 aromatic carbocycles. The van der Waals surface area contributed by atoms with Crippen molar-refractivity contribution in [2.45, 2.75) is 31.9 Å². The van der Waals surface area contributed by atoms with E-state index in [4.69, 9.17) is 4.74 Å². The second-order valence-corrected chi connectivity index (χ2v) is 9.79. The molecule has 2 aliphatic rings. The van der Waals surface area contributed by atoms with Crippen LogP contribution in [0.15, 0.2) is 53.0 Å². The third kappa shape index (κ3) is 3.70. The molecule has 31 heavy (non-hydrogen) atoms. The molecule has 0 saturated carbocycles. The summed E-state index contributed by atoms with van der Waals surface area (Å²) in [5.74, 6) is -0.422. The van der Waals surface area contributed by atoms with E-state index in [1.807, 2.05) is 49.9 Å². The van der Waals surface area contributed by atoms with E-state index < -0.39 is 11.1 Å². The average molecular weight is 485 g/mol. The molecule has 0 radical (unpaired) electrons. The summed E-state index contributed by atoms with van der Waals surface area (Å²) < 4.78 is 6.28. The summed E-state index contributed by atoms with van der Waals surface area (Å²) in [4.78, 5) is 43.6. The van der Waals surface area contributed by atoms with Crippen molar-refractivity contribution in [2.75, 3.05) is 26.2 Å². The van der Waals surface area contributed by atoms with Gasteiger partial charge in [0, 0.05) is 41.8 Å². The molecule has 1 saturated heterocycles. The molecule has 0 spiro atoms. The van der Waals surface area contributed by atoms with Crippen molar-refractivity contribution in [1.82, 2.24) is 9.80 Å². The van der Waals surface area contributed by atoms with Gasteiger partial charge in [0.05, 0.1) is 0 Å². The molecule has 6 nitrogen and oxygen atoms in total. The third-order valence-corrected chi connectivity index (χ3v) is 6.21. The first-order valence-corrected chi connectivity index (χ1v) is 11.1. The molecular formula is C24H25BrN2O4. The Hall–Kier alpha value is -2.51. The standard InChI is InChI=1S/C24H25BrN2O4/c1-23(2,3)31-22(30)26-11-13-27(14-12-26)24(16-7-6-8-17(25)15-16)20(28)18-9-4-5-10-19(18)21(24)29/h4-10,15H,11-14H2,1-3H3. The van der Waals surface area contributed by atoms with Gasteiger partial charge in [-0.05, 0) is 38.5 Å². The molecular weight excluding hydrogens is 460 g/mol. The van der Waals surface area contributed by atoms with Crippen LogP contribution < -0.4 is 0 Å². The lowest BCUT2D eigenvalue weighted by Gasteiger charge is -2.44. The summed E-state index contributed by atoms with van der Waals surface area (Å²) in [5, 5.41) is 0. The molecule has 1 heterocycles. The van der Waals surface area contributed by atoms with Crippen LogP contribution in [0, 0.1) is 0 Å². The van der Waals surface area contributed by atoms with Gasteiger partial charge in [-0.25, -0.2) is 4.79 Å². The highest BCUT2D eigenvalue weighted by Gasteiger charge is 2.58. The molecule has 1 aliphatic carbocycles. The molecule has 1 aliphatic heterocycles. The molecule has 0 unspecified atom stereocenters. The van der Waals surface area contributed by atoms with E-state index in [0.717, 1.165) is 4.47 Å². The van der Waals surface area contributed by atoms with Gasteiger partial charge in [0.25, 0.3) is 0 Å². The van der Waals surface area contributed by atoms with Crippen LogP contribution in [0.4, 0.5) is 4.79 Å². The number of rotatable bonds is 2. The maximum absolute atomic E-state index is 13.8. The van der Waals surface area contributed by atoms with Crippen LogP contribution in [0.5, 0.6) is 0 Å². The minimum atomic E-state index is -1.42. The highest BCUT2D eigenvalue weighted by molar-refractivity contribution is 9.10. The molecule has 162 valence electrons. The molecule has 0 bridgehead atoms. The molecule has 1 fully saturated rings. The normalized spacial score (nSPS) is 18.8. The summed E-state index contributed by atoms with van der Waals surface area (Å²) >= 11 is 3.48. The number of ketones is 2. The first-order valence-electron chi connectivity index (χ1n) is 10.3. The number of hydrogen-bond donors (Lipinski definition) is 0. The number of carbonyl (C=O) groups is 3. The van der Waals surface area contributed by atoms with E-state index in [0.29, 0.717) is 42.9 Å². The fraction of sp³-hybridized carbons (Fsp3) is 0.375. The molecule has 0 aromatic heterocycles. The van der Waals surface area contributed by atoms with Crippen molar-refractivity contribution in [3.63, 3.8) is 0 Å². The van der Waals surface area contributed by atoms with Crippen LogP contribution in [0.2, 0.25) is 0 Å². The van der Waals surface area contributed by atoms with E-state index in [1.54, 1.807) is 29.2 Å². The number of hydrogen-bond acceptors (Lipinski definition) is 5. The predicted octanol–water partition coefficient (Wildman–Crippen LogP) is 4.28. The zero-order valence-electron chi connectivity index (χ0n) is 17.9. The molecule has 1 amide bonds. The average Bonchev–Trinajstić information content (AvgIpc) is 2.95. The van der Waals surface area contributed by atoms with E-state index in [2.05, 4.69) is 15.9 Å². The SMILES string of the molecule is CC(C)(C)OC(=O)N1CCN(C2(c3cccc(Br)c3)C(=O)c3ccccc3C2=O)CC1. The Morgan fingerprint density at radius 3 is 2.03 bits per heavy atom. The Morgan fingerprint density at radius 2 is 1.52 bits per heavy atom. The van der Waals surface area contributed by atoms with Crippen molar-refractivity contribution >= 4 is 33.6 Å². The number of carbonyl (C=O) groups excluding carboxylic acids is 3. The summed E-state index contributed by atoms with van der Waals surface area (Å²) in [6.45, 7) is 7.01. The lowest BCUT2D eigenvalue weighted by atomic mass is 9.82. The van der Waals surface area contributed by atoms with E-state index in [9.17, 15) is 14.4 Å². The number of Topliss-reactive ketones (excluding diaryl/α,β-unsaturated/α-hetero) is 2. The molecule has 7 heteroatoms. The second-order valence-electron chi connectivity index (χ2n) is 8.88. The van der Waals surface area contributed by atoms with Crippen LogP contribution in [0.3, 0.4) is 0 Å². The molecule has 0 atom stereocenters. The van der Waals surface area contributed by atoms with E-state index >= 15 is 0 Å². The zero-order chi connectivity index (χ0) is 22.4. The van der Waals surface area contributed by atoms with Gasteiger partial charge in [-0.2, -0.15) is 0 Å². The smallest absolute Gasteiger partial charge is 0.410 e. The molecule has 0 N–H and O–H groups in total. The Morgan fingerprint density at radius 1 is 0.935 bits per heavy atom. The van der Waals surface area contributed by atoms with Gasteiger partial charge < -0.3 is 9.64 Å². The number of fused-ring (bicyclic) bond motifs is 1. The highest BCUT2D eigenvalue weighted by atomic mass is 79.9. The minimum absolute atomic E-state index is 0.211. The highest BCUT2D eigenvalue weighted by Crippen LogP contribution is 2.43. The van der Waals surface area contributed by atoms with Gasteiger partial charge in [0.2, 0.25) is 0 Å². The van der Waals surface area contributed by atoms with Gasteiger partial charge >= 0.3 is 6.09 Å². The van der Waals surface area contributed by atoms with Crippen molar-refractivity contribution in [1.29, 1.82) is 0 Å². The number of halogens is 1. The quantitative estimate of drug-likeness (QED) is 0.595.